The van der Waals surface area contributed by atoms with Gasteiger partial charge in [-0.15, -0.1) is 0 Å². The van der Waals surface area contributed by atoms with Crippen LogP contribution in [0.1, 0.15) is 30.9 Å². The van der Waals surface area contributed by atoms with Gasteiger partial charge in [-0.25, -0.2) is 0 Å². The molecule has 2 aromatic carbocycles. The number of rotatable bonds is 1. The minimum absolute atomic E-state index is 0.250. The van der Waals surface area contributed by atoms with Crippen molar-refractivity contribution in [2.45, 2.75) is 26.7 Å². The standard InChI is InChI=1S/C16H16B2Cl2O2/c1-8(2)10-5-4-9(3)15-16(10)18(22)12-7-14(20)13(19)6-11(12)17(15)21/h4-8,21-22H,1-3H3. The molecule has 0 unspecified atom stereocenters. The molecule has 1 aliphatic heterocycles. The van der Waals surface area contributed by atoms with Gasteiger partial charge in [0.25, 0.3) is 0 Å². The first kappa shape index (κ1) is 15.9. The molecule has 1 aliphatic rings. The molecule has 0 aromatic heterocycles. The second-order valence-corrected chi connectivity index (χ2v) is 6.97. The summed E-state index contributed by atoms with van der Waals surface area (Å²) in [5.74, 6) is 0.250. The van der Waals surface area contributed by atoms with E-state index in [0.717, 1.165) is 22.1 Å². The monoisotopic (exact) mass is 332 g/mol. The van der Waals surface area contributed by atoms with Crippen molar-refractivity contribution in [2.24, 2.45) is 0 Å². The van der Waals surface area contributed by atoms with E-state index in [1.54, 1.807) is 12.1 Å². The van der Waals surface area contributed by atoms with Gasteiger partial charge >= 0.3 is 13.8 Å². The lowest BCUT2D eigenvalue weighted by Gasteiger charge is -2.30. The molecular formula is C16H16B2Cl2O2. The molecule has 2 N–H and O–H groups in total. The minimum Gasteiger partial charge on any atom is -0.443 e. The average Bonchev–Trinajstić information content (AvgIpc) is 2.46. The Hall–Kier alpha value is -0.930. The summed E-state index contributed by atoms with van der Waals surface area (Å²) in [6, 6.07) is 7.32. The number of halogens is 2. The maximum absolute atomic E-state index is 10.9. The maximum atomic E-state index is 10.9. The van der Waals surface area contributed by atoms with Crippen molar-refractivity contribution in [1.82, 2.24) is 0 Å². The van der Waals surface area contributed by atoms with Gasteiger partial charge in [0, 0.05) is 0 Å². The van der Waals surface area contributed by atoms with E-state index in [1.165, 1.54) is 0 Å². The molecule has 22 heavy (non-hydrogen) atoms. The summed E-state index contributed by atoms with van der Waals surface area (Å²) in [6.07, 6.45) is 0. The zero-order valence-electron chi connectivity index (χ0n) is 12.7. The molecule has 0 saturated heterocycles. The van der Waals surface area contributed by atoms with Gasteiger partial charge in [-0.2, -0.15) is 0 Å². The molecule has 0 saturated carbocycles. The van der Waals surface area contributed by atoms with Gasteiger partial charge in [0.05, 0.1) is 10.0 Å². The van der Waals surface area contributed by atoms with Crippen molar-refractivity contribution >= 4 is 58.9 Å². The summed E-state index contributed by atoms with van der Waals surface area (Å²) in [6.45, 7) is 4.49. The Morgan fingerprint density at radius 1 is 0.909 bits per heavy atom. The van der Waals surface area contributed by atoms with Crippen molar-refractivity contribution in [2.75, 3.05) is 0 Å². The Bertz CT molecular complexity index is 762. The lowest BCUT2D eigenvalue weighted by Crippen LogP contribution is -2.70. The Morgan fingerprint density at radius 2 is 1.41 bits per heavy atom. The molecule has 0 amide bonds. The summed E-state index contributed by atoms with van der Waals surface area (Å²) in [5, 5.41) is 22.5. The van der Waals surface area contributed by atoms with Crippen LogP contribution in [0.2, 0.25) is 10.0 Å². The molecule has 3 rings (SSSR count). The number of aryl methyl sites for hydroxylation is 1. The maximum Gasteiger partial charge on any atom is 0.358 e. The van der Waals surface area contributed by atoms with Crippen molar-refractivity contribution in [3.8, 4) is 0 Å². The highest BCUT2D eigenvalue weighted by Gasteiger charge is 2.39. The van der Waals surface area contributed by atoms with Crippen LogP contribution in [0.5, 0.6) is 0 Å². The Kier molecular flexibility index (Phi) is 4.07. The van der Waals surface area contributed by atoms with Crippen molar-refractivity contribution < 1.29 is 10.0 Å². The van der Waals surface area contributed by atoms with Crippen LogP contribution in [0.4, 0.5) is 0 Å². The van der Waals surface area contributed by atoms with Crippen molar-refractivity contribution in [3.63, 3.8) is 0 Å². The molecule has 0 bridgehead atoms. The normalized spacial score (nSPS) is 13.5. The number of benzene rings is 2. The molecule has 0 radical (unpaired) electrons. The third-order valence-electron chi connectivity index (χ3n) is 4.42. The smallest absolute Gasteiger partial charge is 0.358 e. The van der Waals surface area contributed by atoms with Gasteiger partial charge in [-0.1, -0.05) is 54.7 Å². The summed E-state index contributed by atoms with van der Waals surface area (Å²) >= 11 is 12.2. The summed E-state index contributed by atoms with van der Waals surface area (Å²) in [7, 11) is 0. The predicted octanol–water partition coefficient (Wildman–Crippen LogP) is 0.935. The van der Waals surface area contributed by atoms with E-state index in [4.69, 9.17) is 23.2 Å². The third-order valence-corrected chi connectivity index (χ3v) is 5.15. The van der Waals surface area contributed by atoms with Crippen LogP contribution in [0.15, 0.2) is 24.3 Å². The third kappa shape index (κ3) is 2.30. The van der Waals surface area contributed by atoms with Gasteiger partial charge in [0.2, 0.25) is 0 Å². The van der Waals surface area contributed by atoms with Gasteiger partial charge in [0.15, 0.2) is 0 Å². The predicted molar refractivity (Wildman–Crippen MR) is 96.2 cm³/mol. The number of hydrogen-bond acceptors (Lipinski definition) is 2. The second kappa shape index (κ2) is 5.61. The van der Waals surface area contributed by atoms with Gasteiger partial charge < -0.3 is 10.0 Å². The van der Waals surface area contributed by atoms with Gasteiger partial charge in [0.1, 0.15) is 0 Å². The molecule has 0 fully saturated rings. The topological polar surface area (TPSA) is 40.5 Å². The van der Waals surface area contributed by atoms with Crippen LogP contribution in [0.25, 0.3) is 0 Å². The van der Waals surface area contributed by atoms with E-state index in [1.807, 2.05) is 19.1 Å². The average molecular weight is 333 g/mol. The molecule has 112 valence electrons. The fourth-order valence-corrected chi connectivity index (χ4v) is 3.64. The lowest BCUT2D eigenvalue weighted by molar-refractivity contribution is 0.591. The van der Waals surface area contributed by atoms with Crippen molar-refractivity contribution in [1.29, 1.82) is 0 Å². The largest absolute Gasteiger partial charge is 0.443 e. The molecule has 1 heterocycles. The van der Waals surface area contributed by atoms with E-state index >= 15 is 0 Å². The molecule has 0 spiro atoms. The molecule has 0 aliphatic carbocycles. The van der Waals surface area contributed by atoms with Crippen LogP contribution >= 0.6 is 23.2 Å². The highest BCUT2D eigenvalue weighted by atomic mass is 35.5. The number of hydrogen-bond donors (Lipinski definition) is 2. The van der Waals surface area contributed by atoms with Gasteiger partial charge in [-0.05, 0) is 52.4 Å². The molecule has 2 nitrogen and oxygen atoms in total. The molecule has 2 aromatic rings. The second-order valence-electron chi connectivity index (χ2n) is 6.15. The quantitative estimate of drug-likeness (QED) is 0.763. The fourth-order valence-electron chi connectivity index (χ4n) is 3.30. The van der Waals surface area contributed by atoms with E-state index in [-0.39, 0.29) is 5.92 Å². The van der Waals surface area contributed by atoms with E-state index in [2.05, 4.69) is 13.8 Å². The van der Waals surface area contributed by atoms with Crippen LogP contribution in [-0.4, -0.2) is 23.9 Å². The Labute approximate surface area is 141 Å². The summed E-state index contributed by atoms with van der Waals surface area (Å²) in [5.41, 5.74) is 4.84. The first-order valence-corrected chi connectivity index (χ1v) is 8.06. The van der Waals surface area contributed by atoms with Crippen molar-refractivity contribution in [3.05, 3.63) is 45.4 Å². The van der Waals surface area contributed by atoms with E-state index < -0.39 is 13.8 Å². The van der Waals surface area contributed by atoms with Crippen LogP contribution in [-0.2, 0) is 0 Å². The highest BCUT2D eigenvalue weighted by Crippen LogP contribution is 2.21. The zero-order valence-corrected chi connectivity index (χ0v) is 14.2. The summed E-state index contributed by atoms with van der Waals surface area (Å²) in [4.78, 5) is 0. The number of fused-ring (bicyclic) bond motifs is 2. The Morgan fingerprint density at radius 3 is 1.91 bits per heavy atom. The summed E-state index contributed by atoms with van der Waals surface area (Å²) < 4.78 is 0. The van der Waals surface area contributed by atoms with Crippen LogP contribution in [0.3, 0.4) is 0 Å². The highest BCUT2D eigenvalue weighted by molar-refractivity contribution is 6.98. The molecule has 0 atom stereocenters. The first-order chi connectivity index (χ1) is 10.3. The Balaban J connectivity index is 2.33. The molecular weight excluding hydrogens is 317 g/mol. The van der Waals surface area contributed by atoms with Gasteiger partial charge in [-0.3, -0.25) is 0 Å². The van der Waals surface area contributed by atoms with E-state index in [0.29, 0.717) is 21.0 Å². The SMILES string of the molecule is Cc1ccc(C(C)C)c2c1B(O)c1cc(Cl)c(Cl)cc1B2O. The van der Waals surface area contributed by atoms with Crippen LogP contribution in [0, 0.1) is 6.92 Å². The molecule has 6 heteroatoms. The first-order valence-electron chi connectivity index (χ1n) is 7.31. The van der Waals surface area contributed by atoms with E-state index in [9.17, 15) is 10.0 Å². The minimum atomic E-state index is -0.805. The zero-order chi connectivity index (χ0) is 16.2. The lowest BCUT2D eigenvalue weighted by atomic mass is 9.35. The fraction of sp³-hybridized carbons (Fsp3) is 0.250. The van der Waals surface area contributed by atoms with Crippen LogP contribution < -0.4 is 21.9 Å².